The quantitative estimate of drug-likeness (QED) is 0.0359. The van der Waals surface area contributed by atoms with E-state index in [2.05, 4.69) is 27.7 Å². The van der Waals surface area contributed by atoms with Crippen molar-refractivity contribution in [2.45, 2.75) is 246 Å². The topological polar surface area (TPSA) is 78.9 Å². The molecular formula is C44H84O6. The first-order valence-corrected chi connectivity index (χ1v) is 21.9. The van der Waals surface area contributed by atoms with Crippen LogP contribution in [0.1, 0.15) is 240 Å². The third kappa shape index (κ3) is 36.2. The van der Waals surface area contributed by atoms with Crippen LogP contribution in [0.3, 0.4) is 0 Å². The Morgan fingerprint density at radius 1 is 0.400 bits per heavy atom. The number of ether oxygens (including phenoxy) is 3. The van der Waals surface area contributed by atoms with Crippen molar-refractivity contribution in [2.24, 2.45) is 5.92 Å². The van der Waals surface area contributed by atoms with E-state index in [4.69, 9.17) is 14.2 Å². The van der Waals surface area contributed by atoms with Crippen molar-refractivity contribution < 1.29 is 28.6 Å². The molecule has 0 spiro atoms. The first-order valence-electron chi connectivity index (χ1n) is 21.9. The highest BCUT2D eigenvalue weighted by molar-refractivity contribution is 5.71. The summed E-state index contributed by atoms with van der Waals surface area (Å²) in [6, 6.07) is 0. The number of carbonyl (C=O) groups is 3. The summed E-state index contributed by atoms with van der Waals surface area (Å²) in [7, 11) is 0. The second-order valence-electron chi connectivity index (χ2n) is 15.2. The van der Waals surface area contributed by atoms with Crippen LogP contribution in [0, 0.1) is 5.92 Å². The fourth-order valence-corrected chi connectivity index (χ4v) is 6.42. The average molecular weight is 709 g/mol. The first kappa shape index (κ1) is 48.4. The van der Waals surface area contributed by atoms with Gasteiger partial charge in [-0.3, -0.25) is 14.4 Å². The Labute approximate surface area is 310 Å². The smallest absolute Gasteiger partial charge is 0.306 e. The van der Waals surface area contributed by atoms with E-state index in [1.807, 2.05) is 0 Å². The molecule has 6 heteroatoms. The van der Waals surface area contributed by atoms with Gasteiger partial charge in [-0.15, -0.1) is 0 Å². The van der Waals surface area contributed by atoms with Crippen LogP contribution in [0.2, 0.25) is 0 Å². The zero-order valence-corrected chi connectivity index (χ0v) is 33.9. The maximum Gasteiger partial charge on any atom is 0.306 e. The van der Waals surface area contributed by atoms with Crippen molar-refractivity contribution in [3.8, 4) is 0 Å². The van der Waals surface area contributed by atoms with Crippen molar-refractivity contribution in [3.05, 3.63) is 0 Å². The summed E-state index contributed by atoms with van der Waals surface area (Å²) in [5, 5.41) is 0. The lowest BCUT2D eigenvalue weighted by Gasteiger charge is -2.18. The lowest BCUT2D eigenvalue weighted by Crippen LogP contribution is -2.30. The summed E-state index contributed by atoms with van der Waals surface area (Å²) in [6.45, 7) is 8.93. The normalized spacial score (nSPS) is 12.5. The molecule has 0 aromatic carbocycles. The van der Waals surface area contributed by atoms with E-state index in [1.54, 1.807) is 0 Å². The first-order chi connectivity index (χ1) is 24.4. The molecule has 1 unspecified atom stereocenters. The summed E-state index contributed by atoms with van der Waals surface area (Å²) >= 11 is 0. The molecule has 296 valence electrons. The molecule has 0 aliphatic rings. The molecular weight excluding hydrogens is 624 g/mol. The number of hydrogen-bond acceptors (Lipinski definition) is 6. The maximum atomic E-state index is 12.6. The lowest BCUT2D eigenvalue weighted by molar-refractivity contribution is -0.167. The molecule has 0 radical (unpaired) electrons. The van der Waals surface area contributed by atoms with E-state index in [9.17, 15) is 14.4 Å². The number of rotatable bonds is 39. The molecule has 0 amide bonds. The zero-order chi connectivity index (χ0) is 36.8. The maximum absolute atomic E-state index is 12.6. The molecule has 0 fully saturated rings. The molecule has 6 nitrogen and oxygen atoms in total. The number of carbonyl (C=O) groups excluding carboxylic acids is 3. The van der Waals surface area contributed by atoms with Crippen LogP contribution in [0.25, 0.3) is 0 Å². The van der Waals surface area contributed by atoms with E-state index in [0.717, 1.165) is 70.1 Å². The Hall–Kier alpha value is -1.59. The Kier molecular flexibility index (Phi) is 37.4. The molecule has 0 heterocycles. The molecule has 2 atom stereocenters. The number of hydrogen-bond donors (Lipinski definition) is 0. The Morgan fingerprint density at radius 3 is 1.04 bits per heavy atom. The third-order valence-corrected chi connectivity index (χ3v) is 10.2. The predicted octanol–water partition coefficient (Wildman–Crippen LogP) is 13.6. The van der Waals surface area contributed by atoms with Gasteiger partial charge in [0.1, 0.15) is 13.2 Å². The van der Waals surface area contributed by atoms with Gasteiger partial charge < -0.3 is 14.2 Å². The van der Waals surface area contributed by atoms with Crippen LogP contribution >= 0.6 is 0 Å². The van der Waals surface area contributed by atoms with Crippen molar-refractivity contribution in [2.75, 3.05) is 13.2 Å². The van der Waals surface area contributed by atoms with Crippen LogP contribution in [0.4, 0.5) is 0 Å². The molecule has 0 bridgehead atoms. The van der Waals surface area contributed by atoms with Gasteiger partial charge >= 0.3 is 17.9 Å². The van der Waals surface area contributed by atoms with Crippen LogP contribution in [0.15, 0.2) is 0 Å². The minimum Gasteiger partial charge on any atom is -0.462 e. The zero-order valence-electron chi connectivity index (χ0n) is 33.9. The van der Waals surface area contributed by atoms with Crippen LogP contribution in [-0.4, -0.2) is 37.2 Å². The Balaban J connectivity index is 4.11. The van der Waals surface area contributed by atoms with Gasteiger partial charge in [0.05, 0.1) is 0 Å². The van der Waals surface area contributed by atoms with Gasteiger partial charge in [-0.05, 0) is 25.2 Å². The number of esters is 3. The SMILES string of the molecule is CCCCCCCCCCCC(=O)O[C@H](COC(=O)CCCCCCC)COC(=O)CCCCCCCCCCCCCCCCC(C)CC. The highest BCUT2D eigenvalue weighted by Crippen LogP contribution is 2.17. The predicted molar refractivity (Wildman–Crippen MR) is 210 cm³/mol. The van der Waals surface area contributed by atoms with Crippen molar-refractivity contribution in [3.63, 3.8) is 0 Å². The minimum absolute atomic E-state index is 0.0651. The van der Waals surface area contributed by atoms with E-state index < -0.39 is 6.10 Å². The van der Waals surface area contributed by atoms with Crippen LogP contribution in [-0.2, 0) is 28.6 Å². The van der Waals surface area contributed by atoms with Crippen LogP contribution in [0.5, 0.6) is 0 Å². The lowest BCUT2D eigenvalue weighted by atomic mass is 9.99. The highest BCUT2D eigenvalue weighted by Gasteiger charge is 2.19. The largest absolute Gasteiger partial charge is 0.462 e. The van der Waals surface area contributed by atoms with Gasteiger partial charge in [0.15, 0.2) is 6.10 Å². The Morgan fingerprint density at radius 2 is 0.700 bits per heavy atom. The third-order valence-electron chi connectivity index (χ3n) is 10.2. The van der Waals surface area contributed by atoms with E-state index >= 15 is 0 Å². The molecule has 0 saturated heterocycles. The fraction of sp³-hybridized carbons (Fsp3) is 0.932. The molecule has 0 aliphatic carbocycles. The molecule has 0 aromatic rings. The second kappa shape index (κ2) is 38.6. The van der Waals surface area contributed by atoms with Crippen LogP contribution < -0.4 is 0 Å². The molecule has 0 N–H and O–H groups in total. The summed E-state index contributed by atoms with van der Waals surface area (Å²) in [6.07, 6.45) is 36.8. The summed E-state index contributed by atoms with van der Waals surface area (Å²) in [5.74, 6) is 0.0223. The van der Waals surface area contributed by atoms with Gasteiger partial charge in [-0.25, -0.2) is 0 Å². The van der Waals surface area contributed by atoms with Crippen molar-refractivity contribution in [1.29, 1.82) is 0 Å². The standard InChI is InChI=1S/C44H84O6/c1-5-8-10-12-13-20-25-29-33-37-44(47)50-41(38-48-42(45)35-31-26-11-9-6-2)39-49-43(46)36-32-28-24-22-19-17-15-14-16-18-21-23-27-30-34-40(4)7-3/h40-41H,5-39H2,1-4H3/t40?,41-/m1/s1. The minimum atomic E-state index is -0.756. The monoisotopic (exact) mass is 709 g/mol. The summed E-state index contributed by atoms with van der Waals surface area (Å²) < 4.78 is 16.5. The van der Waals surface area contributed by atoms with E-state index in [1.165, 1.54) is 128 Å². The van der Waals surface area contributed by atoms with Gasteiger partial charge in [-0.1, -0.05) is 201 Å². The van der Waals surface area contributed by atoms with Gasteiger partial charge in [-0.2, -0.15) is 0 Å². The summed E-state index contributed by atoms with van der Waals surface area (Å²) in [5.41, 5.74) is 0. The molecule has 0 saturated carbocycles. The highest BCUT2D eigenvalue weighted by atomic mass is 16.6. The van der Waals surface area contributed by atoms with Gasteiger partial charge in [0.25, 0.3) is 0 Å². The molecule has 0 aromatic heterocycles. The Bertz CT molecular complexity index is 753. The van der Waals surface area contributed by atoms with Gasteiger partial charge in [0, 0.05) is 19.3 Å². The van der Waals surface area contributed by atoms with E-state index in [0.29, 0.717) is 19.3 Å². The van der Waals surface area contributed by atoms with Crippen molar-refractivity contribution >= 4 is 17.9 Å². The molecule has 0 rings (SSSR count). The molecule has 0 aliphatic heterocycles. The fourth-order valence-electron chi connectivity index (χ4n) is 6.42. The van der Waals surface area contributed by atoms with Gasteiger partial charge in [0.2, 0.25) is 0 Å². The van der Waals surface area contributed by atoms with E-state index in [-0.39, 0.29) is 31.1 Å². The summed E-state index contributed by atoms with van der Waals surface area (Å²) in [4.78, 5) is 37.3. The second-order valence-corrected chi connectivity index (χ2v) is 15.2. The average Bonchev–Trinajstić information content (AvgIpc) is 3.11. The number of unbranched alkanes of at least 4 members (excludes halogenated alkanes) is 25. The van der Waals surface area contributed by atoms with Crippen molar-refractivity contribution in [1.82, 2.24) is 0 Å². The molecule has 50 heavy (non-hydrogen) atoms.